The highest BCUT2D eigenvalue weighted by atomic mass is 16.4. The average Bonchev–Trinajstić information content (AvgIpc) is 2.96. The molecule has 0 aromatic heterocycles. The lowest BCUT2D eigenvalue weighted by molar-refractivity contribution is -0.153. The topological polar surface area (TPSA) is 66.4 Å². The number of aliphatic carboxylic acids is 1. The van der Waals surface area contributed by atoms with E-state index in [4.69, 9.17) is 5.11 Å². The van der Waals surface area contributed by atoms with Gasteiger partial charge in [-0.1, -0.05) is 6.92 Å². The van der Waals surface area contributed by atoms with Gasteiger partial charge in [-0.15, -0.1) is 0 Å². The van der Waals surface area contributed by atoms with Gasteiger partial charge in [0, 0.05) is 6.54 Å². The molecule has 0 saturated heterocycles. The summed E-state index contributed by atoms with van der Waals surface area (Å²) in [5.41, 5.74) is -1.33. The van der Waals surface area contributed by atoms with Crippen LogP contribution in [-0.4, -0.2) is 23.5 Å². The molecule has 0 aliphatic heterocycles. The van der Waals surface area contributed by atoms with Crippen LogP contribution in [0.4, 0.5) is 0 Å². The van der Waals surface area contributed by atoms with Crippen molar-refractivity contribution in [2.24, 2.45) is 17.3 Å². The number of rotatable bonds is 5. The van der Waals surface area contributed by atoms with Crippen LogP contribution in [-0.2, 0) is 9.59 Å². The van der Waals surface area contributed by atoms with Crippen molar-refractivity contribution in [3.63, 3.8) is 0 Å². The summed E-state index contributed by atoms with van der Waals surface area (Å²) in [6, 6.07) is 0. The molecule has 1 aliphatic carbocycles. The minimum Gasteiger partial charge on any atom is -0.480 e. The third-order valence-electron chi connectivity index (χ3n) is 3.11. The zero-order chi connectivity index (χ0) is 11.6. The van der Waals surface area contributed by atoms with Gasteiger partial charge >= 0.3 is 5.97 Å². The standard InChI is InChI=1S/C11H19NO3/c1-7(8-4-5-8)6-12-9(13)11(2,3)10(14)15/h7-8H,4-6H2,1-3H3,(H,12,13)(H,14,15). The number of hydrogen-bond donors (Lipinski definition) is 2. The van der Waals surface area contributed by atoms with Crippen molar-refractivity contribution in [1.29, 1.82) is 0 Å². The SMILES string of the molecule is CC(CNC(=O)C(C)(C)C(=O)O)C1CC1. The molecule has 1 saturated carbocycles. The van der Waals surface area contributed by atoms with E-state index in [1.807, 2.05) is 0 Å². The Morgan fingerprint density at radius 2 is 2.00 bits per heavy atom. The molecule has 15 heavy (non-hydrogen) atoms. The molecule has 0 aromatic carbocycles. The predicted octanol–water partition coefficient (Wildman–Crippen LogP) is 1.26. The van der Waals surface area contributed by atoms with E-state index in [0.717, 1.165) is 5.92 Å². The quantitative estimate of drug-likeness (QED) is 0.676. The van der Waals surface area contributed by atoms with Gasteiger partial charge in [0.2, 0.25) is 5.91 Å². The van der Waals surface area contributed by atoms with Gasteiger partial charge < -0.3 is 10.4 Å². The molecule has 1 aliphatic rings. The van der Waals surface area contributed by atoms with E-state index in [0.29, 0.717) is 12.5 Å². The highest BCUT2D eigenvalue weighted by Gasteiger charge is 2.36. The van der Waals surface area contributed by atoms with Gasteiger partial charge in [0.15, 0.2) is 0 Å². The number of carbonyl (C=O) groups excluding carboxylic acids is 1. The summed E-state index contributed by atoms with van der Waals surface area (Å²) in [5, 5.41) is 11.5. The van der Waals surface area contributed by atoms with Gasteiger partial charge in [-0.3, -0.25) is 9.59 Å². The molecule has 0 spiro atoms. The summed E-state index contributed by atoms with van der Waals surface area (Å²) >= 11 is 0. The van der Waals surface area contributed by atoms with Crippen LogP contribution in [0.15, 0.2) is 0 Å². The summed E-state index contributed by atoms with van der Waals surface area (Å²) in [6.45, 7) is 5.52. The van der Waals surface area contributed by atoms with Gasteiger partial charge in [-0.05, 0) is 38.5 Å². The number of carboxylic acids is 1. The van der Waals surface area contributed by atoms with Crippen LogP contribution in [0, 0.1) is 17.3 Å². The lowest BCUT2D eigenvalue weighted by Gasteiger charge is -2.20. The Bertz CT molecular complexity index is 269. The molecule has 0 radical (unpaired) electrons. The number of amides is 1. The molecule has 0 bridgehead atoms. The van der Waals surface area contributed by atoms with E-state index >= 15 is 0 Å². The van der Waals surface area contributed by atoms with E-state index in [1.54, 1.807) is 0 Å². The molecule has 0 heterocycles. The molecule has 1 unspecified atom stereocenters. The first kappa shape index (κ1) is 12.0. The fourth-order valence-electron chi connectivity index (χ4n) is 1.40. The van der Waals surface area contributed by atoms with Crippen molar-refractivity contribution >= 4 is 11.9 Å². The highest BCUT2D eigenvalue weighted by Crippen LogP contribution is 2.36. The average molecular weight is 213 g/mol. The number of nitrogens with one attached hydrogen (secondary N) is 1. The van der Waals surface area contributed by atoms with Gasteiger partial charge in [-0.25, -0.2) is 0 Å². The third-order valence-corrected chi connectivity index (χ3v) is 3.11. The molecule has 4 nitrogen and oxygen atoms in total. The van der Waals surface area contributed by atoms with Crippen molar-refractivity contribution in [2.45, 2.75) is 33.6 Å². The molecular formula is C11H19NO3. The predicted molar refractivity (Wildman–Crippen MR) is 56.3 cm³/mol. The Labute approximate surface area is 90.0 Å². The van der Waals surface area contributed by atoms with Crippen LogP contribution in [0.1, 0.15) is 33.6 Å². The molecule has 1 atom stereocenters. The lowest BCUT2D eigenvalue weighted by atomic mass is 9.92. The van der Waals surface area contributed by atoms with E-state index in [-0.39, 0.29) is 0 Å². The van der Waals surface area contributed by atoms with E-state index < -0.39 is 17.3 Å². The van der Waals surface area contributed by atoms with Crippen molar-refractivity contribution in [2.75, 3.05) is 6.54 Å². The zero-order valence-electron chi connectivity index (χ0n) is 9.54. The molecule has 1 fully saturated rings. The largest absolute Gasteiger partial charge is 0.480 e. The molecule has 1 rings (SSSR count). The lowest BCUT2D eigenvalue weighted by Crippen LogP contribution is -2.43. The molecule has 1 amide bonds. The van der Waals surface area contributed by atoms with Crippen LogP contribution in [0.3, 0.4) is 0 Å². The Balaban J connectivity index is 2.37. The maximum atomic E-state index is 11.6. The van der Waals surface area contributed by atoms with Gasteiger partial charge in [0.25, 0.3) is 0 Å². The number of carbonyl (C=O) groups is 2. The minimum atomic E-state index is -1.33. The summed E-state index contributed by atoms with van der Waals surface area (Å²) in [4.78, 5) is 22.4. The van der Waals surface area contributed by atoms with Crippen molar-refractivity contribution < 1.29 is 14.7 Å². The first-order valence-corrected chi connectivity index (χ1v) is 5.37. The van der Waals surface area contributed by atoms with Crippen LogP contribution < -0.4 is 5.32 Å². The molecular weight excluding hydrogens is 194 g/mol. The van der Waals surface area contributed by atoms with Gasteiger partial charge in [-0.2, -0.15) is 0 Å². The van der Waals surface area contributed by atoms with Gasteiger partial charge in [0.1, 0.15) is 5.41 Å². The monoisotopic (exact) mass is 213 g/mol. The summed E-state index contributed by atoms with van der Waals surface area (Å²) < 4.78 is 0. The zero-order valence-corrected chi connectivity index (χ0v) is 9.54. The van der Waals surface area contributed by atoms with Crippen molar-refractivity contribution in [3.05, 3.63) is 0 Å². The van der Waals surface area contributed by atoms with E-state index in [2.05, 4.69) is 12.2 Å². The second-order valence-corrected chi connectivity index (χ2v) is 4.95. The minimum absolute atomic E-state index is 0.400. The highest BCUT2D eigenvalue weighted by molar-refractivity contribution is 6.00. The number of carboxylic acid groups (broad SMARTS) is 1. The van der Waals surface area contributed by atoms with Crippen LogP contribution >= 0.6 is 0 Å². The number of hydrogen-bond acceptors (Lipinski definition) is 2. The second kappa shape index (κ2) is 4.21. The molecule has 2 N–H and O–H groups in total. The Hall–Kier alpha value is -1.06. The molecule has 4 heteroatoms. The first-order valence-electron chi connectivity index (χ1n) is 5.37. The van der Waals surface area contributed by atoms with E-state index in [9.17, 15) is 9.59 Å². The van der Waals surface area contributed by atoms with Crippen molar-refractivity contribution in [3.8, 4) is 0 Å². The van der Waals surface area contributed by atoms with Gasteiger partial charge in [0.05, 0.1) is 0 Å². The van der Waals surface area contributed by atoms with Crippen molar-refractivity contribution in [1.82, 2.24) is 5.32 Å². The smallest absolute Gasteiger partial charge is 0.318 e. The second-order valence-electron chi connectivity index (χ2n) is 4.95. The Kier molecular flexibility index (Phi) is 3.37. The first-order chi connectivity index (χ1) is 6.85. The fraction of sp³-hybridized carbons (Fsp3) is 0.818. The third kappa shape index (κ3) is 2.94. The normalized spacial score (nSPS) is 18.3. The molecule has 86 valence electrons. The maximum absolute atomic E-state index is 11.6. The summed E-state index contributed by atoms with van der Waals surface area (Å²) in [5.74, 6) is -0.307. The Morgan fingerprint density at radius 3 is 2.40 bits per heavy atom. The van der Waals surface area contributed by atoms with Crippen LogP contribution in [0.25, 0.3) is 0 Å². The molecule has 0 aromatic rings. The maximum Gasteiger partial charge on any atom is 0.318 e. The summed E-state index contributed by atoms with van der Waals surface area (Å²) in [6.07, 6.45) is 2.47. The summed E-state index contributed by atoms with van der Waals surface area (Å²) in [7, 11) is 0. The van der Waals surface area contributed by atoms with Crippen LogP contribution in [0.2, 0.25) is 0 Å². The van der Waals surface area contributed by atoms with Crippen LogP contribution in [0.5, 0.6) is 0 Å². The Morgan fingerprint density at radius 1 is 1.47 bits per heavy atom. The van der Waals surface area contributed by atoms with E-state index in [1.165, 1.54) is 26.7 Å². The fourth-order valence-corrected chi connectivity index (χ4v) is 1.40.